The first-order valence-corrected chi connectivity index (χ1v) is 6.95. The summed E-state index contributed by atoms with van der Waals surface area (Å²) in [5.41, 5.74) is 1.02. The lowest BCUT2D eigenvalue weighted by Gasteiger charge is -2.05. The van der Waals surface area contributed by atoms with Crippen molar-refractivity contribution in [3.05, 3.63) is 18.0 Å². The van der Waals surface area contributed by atoms with E-state index in [-0.39, 0.29) is 18.2 Å². The van der Waals surface area contributed by atoms with Crippen LogP contribution in [-0.4, -0.2) is 37.5 Å². The highest BCUT2D eigenvalue weighted by atomic mass is 35.5. The molecule has 0 saturated heterocycles. The molecule has 0 aliphatic carbocycles. The molecule has 0 saturated carbocycles. The molecule has 6 nitrogen and oxygen atoms in total. The Morgan fingerprint density at radius 1 is 1.41 bits per heavy atom. The Morgan fingerprint density at radius 2 is 2.18 bits per heavy atom. The first-order valence-electron chi connectivity index (χ1n) is 5.30. The van der Waals surface area contributed by atoms with E-state index in [1.165, 1.54) is 0 Å². The summed E-state index contributed by atoms with van der Waals surface area (Å²) in [4.78, 5) is 0. The lowest BCUT2D eigenvalue weighted by Crippen LogP contribution is -2.28. The van der Waals surface area contributed by atoms with E-state index < -0.39 is 10.0 Å². The summed E-state index contributed by atoms with van der Waals surface area (Å²) < 4.78 is 24.7. The molecule has 100 valence electrons. The third-order valence-electron chi connectivity index (χ3n) is 2.11. The summed E-state index contributed by atoms with van der Waals surface area (Å²) in [7, 11) is -3.04. The first-order chi connectivity index (χ1) is 7.64. The van der Waals surface area contributed by atoms with Gasteiger partial charge in [0.1, 0.15) is 0 Å². The van der Waals surface area contributed by atoms with Crippen LogP contribution >= 0.6 is 12.4 Å². The molecular formula is C9H19ClN4O2S. The molecule has 0 aromatic carbocycles. The van der Waals surface area contributed by atoms with Crippen LogP contribution in [0.4, 0.5) is 0 Å². The van der Waals surface area contributed by atoms with Crippen LogP contribution in [0.2, 0.25) is 0 Å². The highest BCUT2D eigenvalue weighted by molar-refractivity contribution is 7.89. The van der Waals surface area contributed by atoms with Gasteiger partial charge in [0.2, 0.25) is 10.0 Å². The Bertz CT molecular complexity index is 380. The molecule has 0 radical (unpaired) electrons. The second-order valence-electron chi connectivity index (χ2n) is 3.41. The lowest BCUT2D eigenvalue weighted by atomic mass is 10.4. The Hall–Kier alpha value is -0.630. The molecule has 0 atom stereocenters. The highest BCUT2D eigenvalue weighted by Crippen LogP contribution is 1.89. The van der Waals surface area contributed by atoms with Gasteiger partial charge in [0.25, 0.3) is 0 Å². The minimum Gasteiger partial charge on any atom is -0.311 e. The van der Waals surface area contributed by atoms with Gasteiger partial charge in [-0.05, 0) is 26.0 Å². The van der Waals surface area contributed by atoms with Crippen LogP contribution in [0.1, 0.15) is 19.0 Å². The summed E-state index contributed by atoms with van der Waals surface area (Å²) in [6.07, 6.45) is 2.47. The second kappa shape index (κ2) is 8.46. The van der Waals surface area contributed by atoms with Crippen molar-refractivity contribution in [2.24, 2.45) is 0 Å². The monoisotopic (exact) mass is 282 g/mol. The lowest BCUT2D eigenvalue weighted by molar-refractivity contribution is 0.574. The number of aromatic amines is 1. The van der Waals surface area contributed by atoms with Gasteiger partial charge in [0.05, 0.1) is 5.75 Å². The molecule has 0 spiro atoms. The fourth-order valence-corrected chi connectivity index (χ4v) is 1.81. The van der Waals surface area contributed by atoms with Crippen LogP contribution in [0.25, 0.3) is 0 Å². The molecule has 8 heteroatoms. The van der Waals surface area contributed by atoms with Crippen LogP contribution in [0.3, 0.4) is 0 Å². The second-order valence-corrected chi connectivity index (χ2v) is 5.51. The van der Waals surface area contributed by atoms with Crippen LogP contribution < -0.4 is 10.0 Å². The minimum absolute atomic E-state index is 0. The quantitative estimate of drug-likeness (QED) is 0.597. The molecule has 3 N–H and O–H groups in total. The Kier molecular flexibility index (Phi) is 8.15. The van der Waals surface area contributed by atoms with Gasteiger partial charge in [-0.1, -0.05) is 0 Å². The van der Waals surface area contributed by atoms with Crippen molar-refractivity contribution in [3.8, 4) is 0 Å². The van der Waals surface area contributed by atoms with E-state index in [4.69, 9.17) is 0 Å². The van der Waals surface area contributed by atoms with Gasteiger partial charge < -0.3 is 5.32 Å². The summed E-state index contributed by atoms with van der Waals surface area (Å²) in [5, 5.41) is 9.85. The topological polar surface area (TPSA) is 86.9 Å². The number of sulfonamides is 1. The molecule has 0 unspecified atom stereocenters. The maximum absolute atomic E-state index is 11.1. The maximum Gasteiger partial charge on any atom is 0.211 e. The van der Waals surface area contributed by atoms with Crippen LogP contribution in [-0.2, 0) is 16.6 Å². The molecule has 1 aromatic heterocycles. The largest absolute Gasteiger partial charge is 0.311 e. The average Bonchev–Trinajstić information content (AvgIpc) is 2.76. The summed E-state index contributed by atoms with van der Waals surface area (Å²) in [6, 6.07) is 1.90. The zero-order valence-corrected chi connectivity index (χ0v) is 11.4. The first kappa shape index (κ1) is 16.4. The standard InChI is InChI=1S/C9H18N4O2S.ClH/c1-2-16(14,15)12-6-3-5-10-8-9-4-7-11-13-9;/h4,7,10,12H,2-3,5-6,8H2,1H3,(H,11,13);1H. The van der Waals surface area contributed by atoms with Gasteiger partial charge in [-0.25, -0.2) is 13.1 Å². The van der Waals surface area contributed by atoms with Crippen molar-refractivity contribution < 1.29 is 8.42 Å². The van der Waals surface area contributed by atoms with Crippen molar-refractivity contribution >= 4 is 22.4 Å². The van der Waals surface area contributed by atoms with E-state index in [0.717, 1.165) is 25.2 Å². The Labute approximate surface area is 108 Å². The third-order valence-corrected chi connectivity index (χ3v) is 3.51. The van der Waals surface area contributed by atoms with Crippen molar-refractivity contribution in [1.82, 2.24) is 20.2 Å². The van der Waals surface area contributed by atoms with E-state index in [1.54, 1.807) is 13.1 Å². The SMILES string of the molecule is CCS(=O)(=O)NCCCNCc1ccn[nH]1.Cl. The molecule has 1 aromatic rings. The van der Waals surface area contributed by atoms with Gasteiger partial charge in [-0.3, -0.25) is 5.10 Å². The number of hydrogen-bond acceptors (Lipinski definition) is 4. The zero-order chi connectivity index (χ0) is 11.9. The van der Waals surface area contributed by atoms with E-state index >= 15 is 0 Å². The number of hydrogen-bond donors (Lipinski definition) is 3. The third kappa shape index (κ3) is 7.32. The summed E-state index contributed by atoms with van der Waals surface area (Å²) in [5.74, 6) is 0.134. The van der Waals surface area contributed by atoms with E-state index in [9.17, 15) is 8.42 Å². The van der Waals surface area contributed by atoms with Gasteiger partial charge in [-0.15, -0.1) is 12.4 Å². The van der Waals surface area contributed by atoms with Gasteiger partial charge in [0.15, 0.2) is 0 Å². The zero-order valence-electron chi connectivity index (χ0n) is 9.77. The molecule has 0 amide bonds. The number of nitrogens with one attached hydrogen (secondary N) is 3. The van der Waals surface area contributed by atoms with Gasteiger partial charge >= 0.3 is 0 Å². The molecule has 0 aliphatic rings. The molecular weight excluding hydrogens is 264 g/mol. The van der Waals surface area contributed by atoms with Crippen molar-refractivity contribution in [2.45, 2.75) is 19.9 Å². The number of halogens is 1. The molecule has 17 heavy (non-hydrogen) atoms. The fourth-order valence-electron chi connectivity index (χ4n) is 1.15. The number of aromatic nitrogens is 2. The van der Waals surface area contributed by atoms with Gasteiger partial charge in [-0.2, -0.15) is 5.10 Å². The van der Waals surface area contributed by atoms with E-state index in [1.807, 2.05) is 6.07 Å². The molecule has 1 rings (SSSR count). The minimum atomic E-state index is -3.04. The van der Waals surface area contributed by atoms with Crippen LogP contribution in [0.15, 0.2) is 12.3 Å². The van der Waals surface area contributed by atoms with Crippen LogP contribution in [0, 0.1) is 0 Å². The molecule has 0 aliphatic heterocycles. The van der Waals surface area contributed by atoms with Crippen molar-refractivity contribution in [3.63, 3.8) is 0 Å². The number of H-pyrrole nitrogens is 1. The van der Waals surface area contributed by atoms with Crippen LogP contribution in [0.5, 0.6) is 0 Å². The fraction of sp³-hybridized carbons (Fsp3) is 0.667. The van der Waals surface area contributed by atoms with E-state index in [2.05, 4.69) is 20.2 Å². The Morgan fingerprint density at radius 3 is 2.76 bits per heavy atom. The maximum atomic E-state index is 11.1. The summed E-state index contributed by atoms with van der Waals surface area (Å²) >= 11 is 0. The van der Waals surface area contributed by atoms with Crippen molar-refractivity contribution in [2.75, 3.05) is 18.8 Å². The van der Waals surface area contributed by atoms with E-state index in [0.29, 0.717) is 6.54 Å². The summed E-state index contributed by atoms with van der Waals surface area (Å²) in [6.45, 7) is 3.59. The average molecular weight is 283 g/mol. The number of nitrogens with zero attached hydrogens (tertiary/aromatic N) is 1. The Balaban J connectivity index is 0.00000256. The predicted octanol–water partition coefficient (Wildman–Crippen LogP) is 0.250. The molecule has 0 bridgehead atoms. The normalized spacial score (nSPS) is 11.1. The molecule has 1 heterocycles. The highest BCUT2D eigenvalue weighted by Gasteiger charge is 2.03. The molecule has 0 fully saturated rings. The van der Waals surface area contributed by atoms with Gasteiger partial charge in [0, 0.05) is 25.0 Å². The smallest absolute Gasteiger partial charge is 0.211 e. The van der Waals surface area contributed by atoms with Crippen molar-refractivity contribution in [1.29, 1.82) is 0 Å². The predicted molar refractivity (Wildman–Crippen MR) is 69.6 cm³/mol. The number of rotatable bonds is 8.